The third kappa shape index (κ3) is 2.97. The number of hydrogen-bond donors (Lipinski definition) is 2. The Bertz CT molecular complexity index is 1040. The van der Waals surface area contributed by atoms with Crippen molar-refractivity contribution in [3.8, 4) is 11.5 Å². The number of nitrogens with zero attached hydrogens (tertiary/aromatic N) is 1. The number of amides is 2. The molecule has 2 saturated heterocycles. The van der Waals surface area contributed by atoms with E-state index in [4.69, 9.17) is 9.47 Å². The molecule has 8 heteroatoms. The average Bonchev–Trinajstić information content (AvgIpc) is 3.25. The minimum absolute atomic E-state index is 0.0496. The lowest BCUT2D eigenvalue weighted by Crippen LogP contribution is -2.53. The van der Waals surface area contributed by atoms with E-state index in [-0.39, 0.29) is 24.0 Å². The van der Waals surface area contributed by atoms with Crippen molar-refractivity contribution in [2.75, 3.05) is 20.8 Å². The molecule has 0 unspecified atom stereocenters. The van der Waals surface area contributed by atoms with E-state index in [9.17, 15) is 19.5 Å². The van der Waals surface area contributed by atoms with E-state index in [1.807, 2.05) is 6.07 Å². The number of likely N-dealkylation sites (tertiary alicyclic amines) is 1. The lowest BCUT2D eigenvalue weighted by Gasteiger charge is -2.33. The van der Waals surface area contributed by atoms with E-state index in [2.05, 4.69) is 5.32 Å². The molecule has 0 radical (unpaired) electrons. The summed E-state index contributed by atoms with van der Waals surface area (Å²) in [7, 11) is 2.85. The molecule has 2 aliphatic heterocycles. The highest BCUT2D eigenvalue weighted by atomic mass is 16.5. The van der Waals surface area contributed by atoms with E-state index < -0.39 is 35.3 Å². The number of phenolic OH excluding ortho intramolecular Hbond substituents is 1. The van der Waals surface area contributed by atoms with Crippen LogP contribution in [0.2, 0.25) is 0 Å². The summed E-state index contributed by atoms with van der Waals surface area (Å²) in [5.41, 5.74) is -0.369. The van der Waals surface area contributed by atoms with Crippen LogP contribution in [0.1, 0.15) is 24.1 Å². The van der Waals surface area contributed by atoms with E-state index >= 15 is 0 Å². The number of fused-ring (bicyclic) bond motifs is 1. The van der Waals surface area contributed by atoms with E-state index in [1.165, 1.54) is 20.2 Å². The summed E-state index contributed by atoms with van der Waals surface area (Å²) in [6.45, 7) is 1.82. The predicted octanol–water partition coefficient (Wildman–Crippen LogP) is 1.73. The number of hydrogen-bond acceptors (Lipinski definition) is 7. The second-order valence-electron chi connectivity index (χ2n) is 7.69. The molecule has 2 aromatic carbocycles. The fourth-order valence-electron chi connectivity index (χ4n) is 4.74. The summed E-state index contributed by atoms with van der Waals surface area (Å²) in [6, 6.07) is 12.9. The zero-order chi connectivity index (χ0) is 22.3. The molecule has 8 nitrogen and oxygen atoms in total. The molecule has 162 valence electrons. The van der Waals surface area contributed by atoms with Gasteiger partial charge in [-0.25, -0.2) is 4.79 Å². The van der Waals surface area contributed by atoms with Crippen molar-refractivity contribution in [2.45, 2.75) is 18.5 Å². The van der Waals surface area contributed by atoms with Crippen molar-refractivity contribution < 1.29 is 29.0 Å². The van der Waals surface area contributed by atoms with Crippen LogP contribution >= 0.6 is 0 Å². The molecule has 2 aliphatic rings. The van der Waals surface area contributed by atoms with Gasteiger partial charge >= 0.3 is 5.97 Å². The van der Waals surface area contributed by atoms with Crippen LogP contribution in [0.15, 0.2) is 48.5 Å². The highest BCUT2D eigenvalue weighted by Crippen LogP contribution is 2.53. The normalized spacial score (nSPS) is 27.3. The number of carbonyl (C=O) groups excluding carboxylic acids is 3. The molecule has 31 heavy (non-hydrogen) atoms. The van der Waals surface area contributed by atoms with Crippen LogP contribution in [-0.2, 0) is 24.7 Å². The van der Waals surface area contributed by atoms with Crippen LogP contribution in [0.4, 0.5) is 0 Å². The maximum atomic E-state index is 13.4. The van der Waals surface area contributed by atoms with Crippen LogP contribution in [-0.4, -0.2) is 48.6 Å². The molecule has 4 rings (SSSR count). The number of nitrogens with one attached hydrogen (secondary N) is 1. The zero-order valence-electron chi connectivity index (χ0n) is 17.5. The van der Waals surface area contributed by atoms with Crippen molar-refractivity contribution >= 4 is 17.8 Å². The molecular formula is C23H24N2O6. The summed E-state index contributed by atoms with van der Waals surface area (Å²) in [5.74, 6) is -3.04. The number of ether oxygens (including phenoxy) is 2. The Morgan fingerprint density at radius 1 is 1.16 bits per heavy atom. The Hall–Kier alpha value is -3.39. The second kappa shape index (κ2) is 7.70. The third-order valence-electron chi connectivity index (χ3n) is 6.17. The first kappa shape index (κ1) is 20.9. The molecule has 0 aromatic heterocycles. The summed E-state index contributed by atoms with van der Waals surface area (Å²) < 4.78 is 10.6. The molecule has 2 aromatic rings. The fraction of sp³-hybridized carbons (Fsp3) is 0.348. The number of esters is 1. The van der Waals surface area contributed by atoms with Crippen molar-refractivity contribution in [3.63, 3.8) is 0 Å². The third-order valence-corrected chi connectivity index (χ3v) is 6.17. The first-order valence-corrected chi connectivity index (χ1v) is 10.1. The quantitative estimate of drug-likeness (QED) is 0.556. The smallest absolute Gasteiger partial charge is 0.331 e. The van der Waals surface area contributed by atoms with Crippen LogP contribution in [0.5, 0.6) is 11.5 Å². The summed E-state index contributed by atoms with van der Waals surface area (Å²) in [5, 5.41) is 13.3. The van der Waals surface area contributed by atoms with E-state index in [0.29, 0.717) is 11.1 Å². The molecular weight excluding hydrogens is 400 g/mol. The first-order valence-electron chi connectivity index (χ1n) is 10.1. The molecule has 4 atom stereocenters. The second-order valence-corrected chi connectivity index (χ2v) is 7.69. The molecule has 2 fully saturated rings. The van der Waals surface area contributed by atoms with Gasteiger partial charge in [0, 0.05) is 13.1 Å². The number of aromatic hydroxyl groups is 1. The predicted molar refractivity (Wildman–Crippen MR) is 110 cm³/mol. The number of benzene rings is 2. The van der Waals surface area contributed by atoms with E-state index in [1.54, 1.807) is 43.3 Å². The Balaban J connectivity index is 1.93. The Morgan fingerprint density at radius 3 is 2.52 bits per heavy atom. The highest BCUT2D eigenvalue weighted by Gasteiger charge is 2.69. The molecule has 2 N–H and O–H groups in total. The van der Waals surface area contributed by atoms with Crippen molar-refractivity contribution in [2.24, 2.45) is 11.8 Å². The monoisotopic (exact) mass is 424 g/mol. The minimum Gasteiger partial charge on any atom is -0.504 e. The molecule has 0 spiro atoms. The van der Waals surface area contributed by atoms with Crippen LogP contribution in [0, 0.1) is 11.8 Å². The van der Waals surface area contributed by atoms with Crippen LogP contribution in [0.3, 0.4) is 0 Å². The Labute approximate surface area is 179 Å². The minimum atomic E-state index is -1.53. The highest BCUT2D eigenvalue weighted by molar-refractivity contribution is 6.09. The SMILES string of the molecule is CCOC(=O)[C@]1(c2ccccc2)N[C@H](c2ccc(O)c(OC)c2)[C@H]2C(=O)N(C)C(=O)[C@H]21. The van der Waals surface area contributed by atoms with Crippen LogP contribution in [0.25, 0.3) is 0 Å². The number of rotatable bonds is 5. The van der Waals surface area contributed by atoms with Gasteiger partial charge in [0.25, 0.3) is 0 Å². The largest absolute Gasteiger partial charge is 0.504 e. The van der Waals surface area contributed by atoms with Gasteiger partial charge in [0.2, 0.25) is 11.8 Å². The van der Waals surface area contributed by atoms with Gasteiger partial charge in [0.15, 0.2) is 17.0 Å². The summed E-state index contributed by atoms with van der Waals surface area (Å²) in [4.78, 5) is 40.8. The lowest BCUT2D eigenvalue weighted by atomic mass is 9.75. The van der Waals surface area contributed by atoms with Crippen molar-refractivity contribution in [1.82, 2.24) is 10.2 Å². The molecule has 0 saturated carbocycles. The molecule has 0 aliphatic carbocycles. The Morgan fingerprint density at radius 2 is 1.87 bits per heavy atom. The van der Waals surface area contributed by atoms with E-state index in [0.717, 1.165) is 4.90 Å². The molecule has 2 heterocycles. The van der Waals surface area contributed by atoms with Gasteiger partial charge in [0.1, 0.15) is 0 Å². The number of imide groups is 1. The van der Waals surface area contributed by atoms with Gasteiger partial charge in [-0.1, -0.05) is 36.4 Å². The Kier molecular flexibility index (Phi) is 5.18. The lowest BCUT2D eigenvalue weighted by molar-refractivity contribution is -0.156. The topological polar surface area (TPSA) is 105 Å². The van der Waals surface area contributed by atoms with Gasteiger partial charge < -0.3 is 14.6 Å². The molecule has 2 amide bonds. The maximum absolute atomic E-state index is 13.4. The average molecular weight is 424 g/mol. The number of phenols is 1. The number of carbonyl (C=O) groups is 3. The van der Waals surface area contributed by atoms with Gasteiger partial charge in [-0.3, -0.25) is 19.8 Å². The summed E-state index contributed by atoms with van der Waals surface area (Å²) >= 11 is 0. The van der Waals surface area contributed by atoms with Gasteiger partial charge in [-0.15, -0.1) is 0 Å². The van der Waals surface area contributed by atoms with Gasteiger partial charge in [-0.2, -0.15) is 0 Å². The standard InChI is InChI=1S/C23H24N2O6/c1-4-31-22(29)23(14-8-6-5-7-9-14)18-17(20(27)25(2)21(18)28)19(24-23)13-10-11-15(26)16(12-13)30-3/h5-12,17-19,24,26H,4H2,1-3H3/t17-,18-,19+,23+/m0/s1. The number of methoxy groups -OCH3 is 1. The maximum Gasteiger partial charge on any atom is 0.331 e. The zero-order valence-corrected chi connectivity index (χ0v) is 17.5. The van der Waals surface area contributed by atoms with Gasteiger partial charge in [0.05, 0.1) is 25.6 Å². The van der Waals surface area contributed by atoms with Crippen LogP contribution < -0.4 is 10.1 Å². The van der Waals surface area contributed by atoms with Crippen molar-refractivity contribution in [3.05, 3.63) is 59.7 Å². The summed E-state index contributed by atoms with van der Waals surface area (Å²) in [6.07, 6.45) is 0. The first-order chi connectivity index (χ1) is 14.9. The fourth-order valence-corrected chi connectivity index (χ4v) is 4.74. The van der Waals surface area contributed by atoms with Crippen molar-refractivity contribution in [1.29, 1.82) is 0 Å². The van der Waals surface area contributed by atoms with Gasteiger partial charge in [-0.05, 0) is 30.2 Å². The molecule has 0 bridgehead atoms.